The molecule has 194 valence electrons. The molecule has 8 nitrogen and oxygen atoms in total. The SMILES string of the molecule is CC1=C(I)\N=C(c2ccccc2O)/C=C(/NCCNS(=O)(=O)c2cccc(OC(F)(F)F)c2)[I-]/N=C\1. The number of ether oxygens (including phenoxy) is 1. The van der Waals surface area contributed by atoms with Crippen molar-refractivity contribution in [1.29, 1.82) is 0 Å². The van der Waals surface area contributed by atoms with E-state index in [9.17, 15) is 26.7 Å². The summed E-state index contributed by atoms with van der Waals surface area (Å²) in [5.74, 6) is -0.562. The van der Waals surface area contributed by atoms with E-state index in [0.717, 1.165) is 27.5 Å². The van der Waals surface area contributed by atoms with Gasteiger partial charge in [0.1, 0.15) is 0 Å². The molecular formula is C22H20F3I2N4O4S-. The molecule has 1 aliphatic heterocycles. The number of allylic oxidation sites excluding steroid dienone is 2. The number of sulfonamides is 1. The van der Waals surface area contributed by atoms with Gasteiger partial charge in [-0.25, -0.2) is 0 Å². The predicted molar refractivity (Wildman–Crippen MR) is 134 cm³/mol. The first kappa shape index (κ1) is 28.4. The fraction of sp³-hybridized carbons (Fsp3) is 0.182. The molecule has 0 atom stereocenters. The second-order valence-corrected chi connectivity index (χ2v) is 12.1. The number of hydrogen-bond acceptors (Lipinski definition) is 7. The third-order valence-electron chi connectivity index (χ3n) is 4.43. The van der Waals surface area contributed by atoms with Gasteiger partial charge in [-0.15, -0.1) is 0 Å². The van der Waals surface area contributed by atoms with E-state index in [-0.39, 0.29) is 23.7 Å². The number of phenolic OH excluding ortho intramolecular Hbond substituents is 1. The van der Waals surface area contributed by atoms with Crippen LogP contribution >= 0.6 is 22.6 Å². The molecule has 14 heteroatoms. The summed E-state index contributed by atoms with van der Waals surface area (Å²) in [5, 5.41) is 13.5. The molecule has 0 aromatic heterocycles. The van der Waals surface area contributed by atoms with Gasteiger partial charge in [0.25, 0.3) is 0 Å². The molecule has 0 saturated carbocycles. The summed E-state index contributed by atoms with van der Waals surface area (Å²) in [7, 11) is -4.08. The molecule has 0 bridgehead atoms. The van der Waals surface area contributed by atoms with E-state index in [4.69, 9.17) is 0 Å². The van der Waals surface area contributed by atoms with E-state index in [1.807, 2.05) is 6.92 Å². The fourth-order valence-electron chi connectivity index (χ4n) is 2.77. The summed E-state index contributed by atoms with van der Waals surface area (Å²) in [6.07, 6.45) is -1.44. The van der Waals surface area contributed by atoms with Crippen LogP contribution in [0.4, 0.5) is 13.2 Å². The quantitative estimate of drug-likeness (QED) is 0.214. The summed E-state index contributed by atoms with van der Waals surface area (Å²) >= 11 is 1.21. The summed E-state index contributed by atoms with van der Waals surface area (Å²) in [4.78, 5) is 4.27. The van der Waals surface area contributed by atoms with E-state index in [2.05, 4.69) is 45.6 Å². The zero-order valence-electron chi connectivity index (χ0n) is 18.6. The van der Waals surface area contributed by atoms with Gasteiger partial charge in [0, 0.05) is 0 Å². The average Bonchev–Trinajstić information content (AvgIpc) is 2.86. The van der Waals surface area contributed by atoms with Crippen molar-refractivity contribution in [3.8, 4) is 11.5 Å². The normalized spacial score (nSPS) is 20.9. The van der Waals surface area contributed by atoms with Crippen molar-refractivity contribution < 1.29 is 52.9 Å². The monoisotopic (exact) mass is 747 g/mol. The fourth-order valence-corrected chi connectivity index (χ4v) is 5.97. The number of nitrogens with one attached hydrogen (secondary N) is 2. The van der Waals surface area contributed by atoms with Gasteiger partial charge in [-0.1, -0.05) is 0 Å². The Morgan fingerprint density at radius 2 is 1.89 bits per heavy atom. The van der Waals surface area contributed by atoms with Crippen molar-refractivity contribution in [2.45, 2.75) is 18.2 Å². The molecule has 0 aliphatic carbocycles. The summed E-state index contributed by atoms with van der Waals surface area (Å²) in [6.45, 7) is 2.01. The summed E-state index contributed by atoms with van der Waals surface area (Å²) < 4.78 is 74.5. The van der Waals surface area contributed by atoms with Crippen LogP contribution in [0.25, 0.3) is 0 Å². The van der Waals surface area contributed by atoms with Gasteiger partial charge in [-0.3, -0.25) is 0 Å². The predicted octanol–water partition coefficient (Wildman–Crippen LogP) is 1.24. The van der Waals surface area contributed by atoms with E-state index in [0.29, 0.717) is 15.0 Å². The van der Waals surface area contributed by atoms with Gasteiger partial charge >= 0.3 is 232 Å². The minimum atomic E-state index is -4.93. The molecule has 0 saturated heterocycles. The minimum absolute atomic E-state index is 0.0463. The topological polar surface area (TPSA) is 112 Å². The Hall–Kier alpha value is -2.18. The summed E-state index contributed by atoms with van der Waals surface area (Å²) in [6, 6.07) is 10.9. The number of aliphatic imine (C=N–C) groups is 1. The van der Waals surface area contributed by atoms with Crippen molar-refractivity contribution in [3.63, 3.8) is 0 Å². The summed E-state index contributed by atoms with van der Waals surface area (Å²) in [5.41, 5.74) is 1.92. The van der Waals surface area contributed by atoms with Gasteiger partial charge in [0.15, 0.2) is 0 Å². The molecule has 3 N–H and O–H groups in total. The maximum atomic E-state index is 12.5. The van der Waals surface area contributed by atoms with Crippen LogP contribution in [-0.4, -0.2) is 44.9 Å². The molecule has 0 spiro atoms. The van der Waals surface area contributed by atoms with Gasteiger partial charge in [0.05, 0.1) is 0 Å². The van der Waals surface area contributed by atoms with Crippen LogP contribution in [0.5, 0.6) is 11.5 Å². The Labute approximate surface area is 230 Å². The van der Waals surface area contributed by atoms with Gasteiger partial charge in [-0.05, 0) is 0 Å². The van der Waals surface area contributed by atoms with Gasteiger partial charge < -0.3 is 0 Å². The molecule has 1 aliphatic rings. The second-order valence-electron chi connectivity index (χ2n) is 7.14. The number of hydrogen-bond donors (Lipinski definition) is 3. The molecule has 0 fully saturated rings. The van der Waals surface area contributed by atoms with E-state index in [1.165, 1.54) is 6.07 Å². The molecule has 0 amide bonds. The number of benzene rings is 2. The Balaban J connectivity index is 1.71. The molecular weight excluding hydrogens is 727 g/mol. The molecule has 3 rings (SSSR count). The Morgan fingerprint density at radius 1 is 1.14 bits per heavy atom. The average molecular weight is 747 g/mol. The van der Waals surface area contributed by atoms with Crippen molar-refractivity contribution >= 4 is 44.5 Å². The first-order valence-electron chi connectivity index (χ1n) is 10.2. The number of alkyl halides is 3. The molecule has 36 heavy (non-hydrogen) atoms. The molecule has 2 aromatic rings. The Kier molecular flexibility index (Phi) is 9.76. The van der Waals surface area contributed by atoms with Crippen LogP contribution in [0.15, 0.2) is 80.7 Å². The number of phenols is 1. The number of halogens is 5. The first-order chi connectivity index (χ1) is 16.9. The van der Waals surface area contributed by atoms with E-state index in [1.54, 1.807) is 36.6 Å². The van der Waals surface area contributed by atoms with Crippen molar-refractivity contribution in [3.05, 3.63) is 73.2 Å². The van der Waals surface area contributed by atoms with Crippen molar-refractivity contribution in [2.24, 2.45) is 8.20 Å². The number of para-hydroxylation sites is 1. The third kappa shape index (κ3) is 8.45. The number of rotatable bonds is 8. The number of nitrogens with zero attached hydrogens (tertiary/aromatic N) is 2. The number of aromatic hydroxyl groups is 1. The third-order valence-corrected chi connectivity index (χ3v) is 8.75. The van der Waals surface area contributed by atoms with Crippen LogP contribution in [0.2, 0.25) is 0 Å². The second kappa shape index (κ2) is 12.4. The van der Waals surface area contributed by atoms with Crippen LogP contribution in [0, 0.1) is 0 Å². The van der Waals surface area contributed by atoms with Gasteiger partial charge in [-0.2, -0.15) is 0 Å². The van der Waals surface area contributed by atoms with Crippen LogP contribution in [-0.2, 0) is 10.0 Å². The zero-order chi connectivity index (χ0) is 26.3. The Morgan fingerprint density at radius 3 is 2.61 bits per heavy atom. The zero-order valence-corrected chi connectivity index (χ0v) is 23.7. The standard InChI is InChI=1S/C22H20F3I2N4O4S/c1-14-13-29-27-20(12-18(31-21(14)26)17-7-2-3-8-19(17)32)28-9-10-30-36(33,34)16-6-4-5-15(11-16)35-22(23,24)25/h2-8,11-13,28,30,32H,9-10H2,1H3/q-1/b20-12+,21-14+,29-13-,31-18+. The van der Waals surface area contributed by atoms with E-state index < -0.39 is 43.6 Å². The maximum absolute atomic E-state index is 12.5. The Bertz CT molecular complexity index is 1340. The molecule has 0 radical (unpaired) electrons. The van der Waals surface area contributed by atoms with Crippen LogP contribution < -0.4 is 36.3 Å². The first-order valence-corrected chi connectivity index (χ1v) is 14.8. The van der Waals surface area contributed by atoms with Gasteiger partial charge in [0.2, 0.25) is 0 Å². The van der Waals surface area contributed by atoms with Crippen molar-refractivity contribution in [2.75, 3.05) is 13.1 Å². The molecule has 2 aromatic carbocycles. The van der Waals surface area contributed by atoms with Crippen LogP contribution in [0.3, 0.4) is 0 Å². The molecule has 1 heterocycles. The van der Waals surface area contributed by atoms with Crippen LogP contribution in [0.1, 0.15) is 12.5 Å². The van der Waals surface area contributed by atoms with Crippen molar-refractivity contribution in [1.82, 2.24) is 10.0 Å². The van der Waals surface area contributed by atoms with E-state index >= 15 is 0 Å². The molecule has 0 unspecified atom stereocenters.